The van der Waals surface area contributed by atoms with Crippen molar-refractivity contribution in [2.75, 3.05) is 6.61 Å². The quantitative estimate of drug-likeness (QED) is 0.733. The average molecular weight is 382 g/mol. The molecule has 1 aliphatic rings. The lowest BCUT2D eigenvalue weighted by atomic mass is 9.83. The van der Waals surface area contributed by atoms with Gasteiger partial charge in [-0.15, -0.1) is 0 Å². The van der Waals surface area contributed by atoms with Crippen LogP contribution in [0.3, 0.4) is 0 Å². The Morgan fingerprint density at radius 3 is 2.75 bits per heavy atom. The molecule has 8 heteroatoms. The number of H-pyrrole nitrogens is 1. The molecule has 0 radical (unpaired) electrons. The van der Waals surface area contributed by atoms with E-state index in [0.29, 0.717) is 29.6 Å². The van der Waals surface area contributed by atoms with Crippen molar-refractivity contribution in [1.82, 2.24) is 15.3 Å². The van der Waals surface area contributed by atoms with Crippen LogP contribution in [0.25, 0.3) is 10.9 Å². The first kappa shape index (κ1) is 19.5. The van der Waals surface area contributed by atoms with Crippen LogP contribution in [-0.4, -0.2) is 34.0 Å². The van der Waals surface area contributed by atoms with E-state index in [1.165, 1.54) is 0 Å². The Morgan fingerprint density at radius 1 is 1.25 bits per heavy atom. The highest BCUT2D eigenvalue weighted by Gasteiger charge is 2.33. The highest BCUT2D eigenvalue weighted by Crippen LogP contribution is 2.27. The zero-order valence-corrected chi connectivity index (χ0v) is 15.5. The fraction of sp³-hybridized carbons (Fsp3) is 0.450. The third-order valence-electron chi connectivity index (χ3n) is 4.89. The van der Waals surface area contributed by atoms with E-state index in [1.54, 1.807) is 24.3 Å². The number of nitrogens with one attached hydrogen (secondary N) is 2. The summed E-state index contributed by atoms with van der Waals surface area (Å²) in [5.74, 6) is -0.662. The number of para-hydroxylation sites is 1. The molecule has 1 saturated carbocycles. The van der Waals surface area contributed by atoms with E-state index in [2.05, 4.69) is 21.4 Å². The van der Waals surface area contributed by atoms with Gasteiger partial charge in [0, 0.05) is 6.42 Å². The van der Waals surface area contributed by atoms with Crippen LogP contribution in [0.2, 0.25) is 0 Å². The Hall–Kier alpha value is -3.21. The largest absolute Gasteiger partial charge is 0.456 e. The maximum absolute atomic E-state index is 12.0. The molecule has 0 aliphatic heterocycles. The molecular formula is C20H22N4O4. The fourth-order valence-corrected chi connectivity index (χ4v) is 3.41. The lowest BCUT2D eigenvalue weighted by molar-refractivity contribution is -0.149. The van der Waals surface area contributed by atoms with E-state index >= 15 is 0 Å². The Balaban J connectivity index is 1.49. The summed E-state index contributed by atoms with van der Waals surface area (Å²) in [4.78, 5) is 43.0. The molecule has 1 heterocycles. The molecule has 1 amide bonds. The summed E-state index contributed by atoms with van der Waals surface area (Å²) in [7, 11) is 0. The second-order valence-corrected chi connectivity index (χ2v) is 6.99. The van der Waals surface area contributed by atoms with Crippen molar-refractivity contribution in [2.45, 2.75) is 50.5 Å². The van der Waals surface area contributed by atoms with E-state index in [4.69, 9.17) is 4.74 Å². The van der Waals surface area contributed by atoms with Gasteiger partial charge in [-0.2, -0.15) is 5.26 Å². The van der Waals surface area contributed by atoms with Gasteiger partial charge in [-0.25, -0.2) is 4.98 Å². The van der Waals surface area contributed by atoms with Gasteiger partial charge in [0.25, 0.3) is 11.5 Å². The predicted octanol–water partition coefficient (Wildman–Crippen LogP) is 1.74. The summed E-state index contributed by atoms with van der Waals surface area (Å²) < 4.78 is 4.99. The van der Waals surface area contributed by atoms with E-state index in [0.717, 1.165) is 19.3 Å². The lowest BCUT2D eigenvalue weighted by Crippen LogP contribution is -2.50. The number of aromatic amines is 1. The normalized spacial score (nSPS) is 15.5. The molecule has 2 N–H and O–H groups in total. The van der Waals surface area contributed by atoms with Crippen molar-refractivity contribution in [1.29, 1.82) is 5.26 Å². The second-order valence-electron chi connectivity index (χ2n) is 6.99. The molecule has 28 heavy (non-hydrogen) atoms. The predicted molar refractivity (Wildman–Crippen MR) is 101 cm³/mol. The second kappa shape index (κ2) is 8.65. The van der Waals surface area contributed by atoms with E-state index in [9.17, 15) is 19.6 Å². The Labute approximate surface area is 161 Å². The number of nitriles is 1. The van der Waals surface area contributed by atoms with Crippen LogP contribution in [0.5, 0.6) is 0 Å². The average Bonchev–Trinajstić information content (AvgIpc) is 2.71. The van der Waals surface area contributed by atoms with Gasteiger partial charge in [0.05, 0.1) is 23.4 Å². The molecule has 1 aromatic carbocycles. The number of aryl methyl sites for hydroxylation is 1. The fourth-order valence-electron chi connectivity index (χ4n) is 3.41. The van der Waals surface area contributed by atoms with Crippen LogP contribution in [-0.2, 0) is 20.7 Å². The number of carbonyl (C=O) groups is 2. The van der Waals surface area contributed by atoms with Gasteiger partial charge in [0.15, 0.2) is 6.61 Å². The first-order valence-electron chi connectivity index (χ1n) is 9.37. The molecular weight excluding hydrogens is 360 g/mol. The van der Waals surface area contributed by atoms with Crippen LogP contribution < -0.4 is 10.9 Å². The molecule has 0 bridgehead atoms. The Kier molecular flexibility index (Phi) is 6.04. The standard InChI is InChI=1S/C20H22N4O4/c21-13-20(10-4-1-5-11-20)24-17(25)12-28-18(26)9-8-16-22-15-7-3-2-6-14(15)19(27)23-16/h2-3,6-7H,1,4-5,8-12H2,(H,24,25)(H,22,23,27). The van der Waals surface area contributed by atoms with Crippen molar-refractivity contribution in [3.8, 4) is 6.07 Å². The van der Waals surface area contributed by atoms with Gasteiger partial charge in [0.2, 0.25) is 0 Å². The molecule has 1 aromatic heterocycles. The molecule has 0 spiro atoms. The van der Waals surface area contributed by atoms with Gasteiger partial charge in [0.1, 0.15) is 11.4 Å². The summed E-state index contributed by atoms with van der Waals surface area (Å²) in [5, 5.41) is 12.6. The van der Waals surface area contributed by atoms with Crippen molar-refractivity contribution in [3.05, 3.63) is 40.4 Å². The van der Waals surface area contributed by atoms with Gasteiger partial charge in [-0.1, -0.05) is 31.4 Å². The number of hydrogen-bond acceptors (Lipinski definition) is 6. The summed E-state index contributed by atoms with van der Waals surface area (Å²) in [5.41, 5.74) is -0.554. The topological polar surface area (TPSA) is 125 Å². The third-order valence-corrected chi connectivity index (χ3v) is 4.89. The number of esters is 1. The molecule has 0 atom stereocenters. The molecule has 2 aromatic rings. The van der Waals surface area contributed by atoms with E-state index in [-0.39, 0.29) is 18.4 Å². The Bertz CT molecular complexity index is 970. The zero-order valence-electron chi connectivity index (χ0n) is 15.5. The minimum atomic E-state index is -0.851. The van der Waals surface area contributed by atoms with Crippen LogP contribution in [0.1, 0.15) is 44.3 Å². The van der Waals surface area contributed by atoms with Crippen LogP contribution in [0, 0.1) is 11.3 Å². The monoisotopic (exact) mass is 382 g/mol. The minimum Gasteiger partial charge on any atom is -0.456 e. The van der Waals surface area contributed by atoms with Crippen LogP contribution >= 0.6 is 0 Å². The maximum Gasteiger partial charge on any atom is 0.306 e. The minimum absolute atomic E-state index is 0.0159. The molecule has 8 nitrogen and oxygen atoms in total. The molecule has 1 aliphatic carbocycles. The molecule has 146 valence electrons. The molecule has 0 unspecified atom stereocenters. The van der Waals surface area contributed by atoms with Crippen LogP contribution in [0.4, 0.5) is 0 Å². The number of carbonyl (C=O) groups excluding carboxylic acids is 2. The maximum atomic E-state index is 12.0. The first-order valence-corrected chi connectivity index (χ1v) is 9.37. The SMILES string of the molecule is N#CC1(NC(=O)COC(=O)CCc2nc3ccccc3c(=O)[nH]2)CCCCC1. The number of benzene rings is 1. The molecule has 0 saturated heterocycles. The van der Waals surface area contributed by atoms with Gasteiger partial charge >= 0.3 is 5.97 Å². The lowest BCUT2D eigenvalue weighted by Gasteiger charge is -2.31. The van der Waals surface area contributed by atoms with Crippen molar-refractivity contribution >= 4 is 22.8 Å². The van der Waals surface area contributed by atoms with E-state index < -0.39 is 24.0 Å². The van der Waals surface area contributed by atoms with Crippen molar-refractivity contribution in [3.63, 3.8) is 0 Å². The number of ether oxygens (including phenoxy) is 1. The smallest absolute Gasteiger partial charge is 0.306 e. The molecule has 1 fully saturated rings. The third kappa shape index (κ3) is 4.74. The molecule has 3 rings (SSSR count). The number of fused-ring (bicyclic) bond motifs is 1. The summed E-state index contributed by atoms with van der Waals surface area (Å²) >= 11 is 0. The van der Waals surface area contributed by atoms with Gasteiger partial charge < -0.3 is 15.0 Å². The number of rotatable bonds is 6. The summed E-state index contributed by atoms with van der Waals surface area (Å²) in [6.45, 7) is -0.427. The van der Waals surface area contributed by atoms with Gasteiger partial charge in [-0.05, 0) is 25.0 Å². The number of nitrogens with zero attached hydrogens (tertiary/aromatic N) is 2. The number of amides is 1. The summed E-state index contributed by atoms with van der Waals surface area (Å²) in [6.07, 6.45) is 4.25. The number of aromatic nitrogens is 2. The number of hydrogen-bond donors (Lipinski definition) is 2. The van der Waals surface area contributed by atoms with Gasteiger partial charge in [-0.3, -0.25) is 14.4 Å². The van der Waals surface area contributed by atoms with Crippen molar-refractivity contribution < 1.29 is 14.3 Å². The summed E-state index contributed by atoms with van der Waals surface area (Å²) in [6, 6.07) is 9.13. The van der Waals surface area contributed by atoms with Crippen molar-refractivity contribution in [2.24, 2.45) is 0 Å². The zero-order chi connectivity index (χ0) is 20.0. The first-order chi connectivity index (χ1) is 13.5. The Morgan fingerprint density at radius 2 is 2.00 bits per heavy atom. The highest BCUT2D eigenvalue weighted by atomic mass is 16.5. The van der Waals surface area contributed by atoms with Crippen LogP contribution in [0.15, 0.2) is 29.1 Å². The van der Waals surface area contributed by atoms with E-state index in [1.807, 2.05) is 0 Å². The highest BCUT2D eigenvalue weighted by molar-refractivity contribution is 5.81.